The lowest BCUT2D eigenvalue weighted by Crippen LogP contribution is -2.20. The van der Waals surface area contributed by atoms with E-state index in [1.54, 1.807) is 51.0 Å². The average Bonchev–Trinajstić information content (AvgIpc) is 3.14. The molecule has 0 radical (unpaired) electrons. The molecule has 3 aromatic rings. The van der Waals surface area contributed by atoms with Crippen LogP contribution in [0.1, 0.15) is 29.9 Å². The molecule has 0 atom stereocenters. The second-order valence-electron chi connectivity index (χ2n) is 8.30. The summed E-state index contributed by atoms with van der Waals surface area (Å²) in [6.45, 7) is 4.62. The lowest BCUT2D eigenvalue weighted by atomic mass is 10.2. The van der Waals surface area contributed by atoms with Gasteiger partial charge in [-0.2, -0.15) is 5.26 Å². The normalized spacial score (nSPS) is 9.85. The van der Waals surface area contributed by atoms with Gasteiger partial charge in [0.15, 0.2) is 5.69 Å². The van der Waals surface area contributed by atoms with Crippen LogP contribution in [0.25, 0.3) is 11.0 Å². The van der Waals surface area contributed by atoms with E-state index in [9.17, 15) is 9.59 Å². The van der Waals surface area contributed by atoms with Gasteiger partial charge < -0.3 is 34.9 Å². The van der Waals surface area contributed by atoms with Crippen LogP contribution in [0.3, 0.4) is 0 Å². The summed E-state index contributed by atoms with van der Waals surface area (Å²) >= 11 is 5.71. The number of halogens is 1. The highest BCUT2D eigenvalue weighted by atomic mass is 35.5. The number of nitrogens with zero attached hydrogens (tertiary/aromatic N) is 6. The Labute approximate surface area is 234 Å². The molecule has 3 rings (SSSR count). The summed E-state index contributed by atoms with van der Waals surface area (Å²) in [5.74, 6) is -0.625. The van der Waals surface area contributed by atoms with Gasteiger partial charge >= 0.3 is 11.9 Å². The topological polar surface area (TPSA) is 152 Å². The predicted octanol–water partition coefficient (Wildman–Crippen LogP) is 2.84. The minimum Gasteiger partial charge on any atom is -0.465 e. The van der Waals surface area contributed by atoms with Gasteiger partial charge in [0, 0.05) is 47.6 Å². The lowest BCUT2D eigenvalue weighted by Gasteiger charge is -2.13. The van der Waals surface area contributed by atoms with Gasteiger partial charge in [0.25, 0.3) is 0 Å². The monoisotopic (exact) mass is 560 g/mol. The zero-order chi connectivity index (χ0) is 29.7. The first kappa shape index (κ1) is 32.9. The maximum absolute atomic E-state index is 12.0. The molecule has 13 heteroatoms. The fourth-order valence-electron chi connectivity index (χ4n) is 3.44. The highest BCUT2D eigenvalue weighted by molar-refractivity contribution is 6.30. The third-order valence-corrected chi connectivity index (χ3v) is 5.43. The van der Waals surface area contributed by atoms with Crippen molar-refractivity contribution < 1.29 is 19.1 Å². The first-order chi connectivity index (χ1) is 18.5. The van der Waals surface area contributed by atoms with Crippen LogP contribution < -0.4 is 20.9 Å². The van der Waals surface area contributed by atoms with Crippen LogP contribution in [-0.2, 0) is 21.3 Å². The van der Waals surface area contributed by atoms with E-state index < -0.39 is 5.97 Å². The van der Waals surface area contributed by atoms with E-state index >= 15 is 0 Å². The number of hydrogen-bond donors (Lipinski definition) is 2. The standard InChI is InChI=1S/C13H18N4O2.C8H8ClN3.C5H11NO2/c1-5-19-13(18)11-10(14)9-8(16(2)3)6-7-15-12(9)17(11)4;1-12(2)7-3-4-11-8(9)6(7)5-10;1-3-8-5(7)4-6-2/h6-7H,5,14H2,1-4H3;3-4H,1-2H3;6H,3-4H2,1-2H3. The van der Waals surface area contributed by atoms with E-state index in [0.29, 0.717) is 42.4 Å². The number of fused-ring (bicyclic) bond motifs is 1. The number of aromatic nitrogens is 3. The Morgan fingerprint density at radius 2 is 1.64 bits per heavy atom. The van der Waals surface area contributed by atoms with E-state index in [4.69, 9.17) is 27.3 Å². The van der Waals surface area contributed by atoms with E-state index in [0.717, 1.165) is 16.8 Å². The molecule has 39 heavy (non-hydrogen) atoms. The number of aryl methyl sites for hydroxylation is 1. The number of nitrogen functional groups attached to an aromatic ring is 1. The number of nitrogens with one attached hydrogen (secondary N) is 1. The third-order valence-electron chi connectivity index (χ3n) is 5.14. The lowest BCUT2D eigenvalue weighted by molar-refractivity contribution is -0.141. The summed E-state index contributed by atoms with van der Waals surface area (Å²) in [5.41, 5.74) is 9.68. The molecule has 0 saturated carbocycles. The average molecular weight is 561 g/mol. The second-order valence-corrected chi connectivity index (χ2v) is 8.66. The largest absolute Gasteiger partial charge is 0.465 e. The van der Waals surface area contributed by atoms with E-state index in [2.05, 4.69) is 20.0 Å². The van der Waals surface area contributed by atoms with Gasteiger partial charge in [0.1, 0.15) is 22.4 Å². The van der Waals surface area contributed by atoms with Crippen molar-refractivity contribution >= 4 is 51.6 Å². The number of hydrogen-bond acceptors (Lipinski definition) is 11. The van der Waals surface area contributed by atoms with Crippen molar-refractivity contribution in [3.63, 3.8) is 0 Å². The van der Waals surface area contributed by atoms with Crippen molar-refractivity contribution in [2.45, 2.75) is 13.8 Å². The maximum Gasteiger partial charge on any atom is 0.357 e. The minimum atomic E-state index is -0.426. The summed E-state index contributed by atoms with van der Waals surface area (Å²) in [5, 5.41) is 12.5. The molecular weight excluding hydrogens is 524 g/mol. The first-order valence-corrected chi connectivity index (χ1v) is 12.4. The number of esters is 2. The number of ether oxygens (including phenoxy) is 2. The number of carbonyl (C=O) groups excluding carboxylic acids is 2. The Bertz CT molecular complexity index is 1290. The van der Waals surface area contributed by atoms with Crippen molar-refractivity contribution in [3.05, 3.63) is 40.9 Å². The number of anilines is 3. The Hall–Kier alpha value is -4.08. The molecule has 0 amide bonds. The molecule has 0 bridgehead atoms. The fourth-order valence-corrected chi connectivity index (χ4v) is 3.63. The highest BCUT2D eigenvalue weighted by Gasteiger charge is 2.23. The minimum absolute atomic E-state index is 0.199. The van der Waals surface area contributed by atoms with Crippen molar-refractivity contribution in [2.75, 3.05) is 70.5 Å². The molecule has 0 aliphatic heterocycles. The molecule has 3 heterocycles. The molecule has 0 fully saturated rings. The van der Waals surface area contributed by atoms with Crippen LogP contribution in [0.2, 0.25) is 5.15 Å². The van der Waals surface area contributed by atoms with Gasteiger partial charge in [-0.05, 0) is 33.0 Å². The van der Waals surface area contributed by atoms with Gasteiger partial charge in [-0.1, -0.05) is 11.6 Å². The van der Waals surface area contributed by atoms with Gasteiger partial charge in [0.2, 0.25) is 0 Å². The molecule has 0 saturated heterocycles. The number of pyridine rings is 2. The van der Waals surface area contributed by atoms with Gasteiger partial charge in [-0.15, -0.1) is 0 Å². The number of nitrogens with two attached hydrogens (primary N) is 1. The van der Waals surface area contributed by atoms with Crippen LogP contribution in [0.4, 0.5) is 17.1 Å². The first-order valence-electron chi connectivity index (χ1n) is 12.1. The quantitative estimate of drug-likeness (QED) is 0.324. The SMILES string of the molecule is CCOC(=O)CNC.CCOC(=O)c1c(N)c2c(N(C)C)ccnc2n1C.CN(C)c1ccnc(Cl)c1C#N. The van der Waals surface area contributed by atoms with Crippen molar-refractivity contribution in [2.24, 2.45) is 7.05 Å². The van der Waals surface area contributed by atoms with Crippen molar-refractivity contribution in [1.29, 1.82) is 5.26 Å². The molecule has 3 aromatic heterocycles. The van der Waals surface area contributed by atoms with Crippen LogP contribution in [0.15, 0.2) is 24.5 Å². The van der Waals surface area contributed by atoms with Crippen molar-refractivity contribution in [1.82, 2.24) is 19.9 Å². The Kier molecular flexibility index (Phi) is 13.5. The zero-order valence-electron chi connectivity index (χ0n) is 23.7. The third kappa shape index (κ3) is 8.73. The molecule has 12 nitrogen and oxygen atoms in total. The highest BCUT2D eigenvalue weighted by Crippen LogP contribution is 2.34. The molecular formula is C26H37ClN8O4. The van der Waals surface area contributed by atoms with Crippen LogP contribution in [0, 0.1) is 11.3 Å². The summed E-state index contributed by atoms with van der Waals surface area (Å²) < 4.78 is 11.3. The van der Waals surface area contributed by atoms with E-state index in [1.807, 2.05) is 50.1 Å². The Balaban J connectivity index is 0.000000326. The molecule has 0 aliphatic carbocycles. The Morgan fingerprint density at radius 3 is 2.13 bits per heavy atom. The number of nitriles is 1. The summed E-state index contributed by atoms with van der Waals surface area (Å²) in [4.78, 5) is 34.2. The van der Waals surface area contributed by atoms with E-state index in [-0.39, 0.29) is 11.1 Å². The number of carbonyl (C=O) groups is 2. The molecule has 0 aliphatic rings. The van der Waals surface area contributed by atoms with Gasteiger partial charge in [-0.3, -0.25) is 4.79 Å². The summed E-state index contributed by atoms with van der Waals surface area (Å²) in [6, 6.07) is 5.63. The number of likely N-dealkylation sites (N-methyl/N-ethyl adjacent to an activating group) is 1. The molecule has 212 valence electrons. The predicted molar refractivity (Wildman–Crippen MR) is 154 cm³/mol. The van der Waals surface area contributed by atoms with Crippen molar-refractivity contribution in [3.8, 4) is 6.07 Å². The smallest absolute Gasteiger partial charge is 0.357 e. The fraction of sp³-hybridized carbons (Fsp3) is 0.423. The Morgan fingerprint density at radius 1 is 1.08 bits per heavy atom. The van der Waals surface area contributed by atoms with Crippen LogP contribution in [0.5, 0.6) is 0 Å². The maximum atomic E-state index is 12.0. The second kappa shape index (κ2) is 16.0. The summed E-state index contributed by atoms with van der Waals surface area (Å²) in [6.07, 6.45) is 3.28. The molecule has 0 spiro atoms. The molecule has 0 aromatic carbocycles. The van der Waals surface area contributed by atoms with Crippen LogP contribution >= 0.6 is 11.6 Å². The van der Waals surface area contributed by atoms with Gasteiger partial charge in [0.05, 0.1) is 42.2 Å². The van der Waals surface area contributed by atoms with Gasteiger partial charge in [-0.25, -0.2) is 14.8 Å². The summed E-state index contributed by atoms with van der Waals surface area (Å²) in [7, 11) is 11.0. The van der Waals surface area contributed by atoms with Crippen LogP contribution in [-0.4, -0.2) is 81.5 Å². The molecule has 0 unspecified atom stereocenters. The zero-order valence-corrected chi connectivity index (χ0v) is 24.5. The molecule has 3 N–H and O–H groups in total. The number of rotatable bonds is 7. The van der Waals surface area contributed by atoms with E-state index in [1.165, 1.54) is 0 Å².